The molecule has 3 rings (SSSR count). The molecule has 0 aliphatic heterocycles. The Morgan fingerprint density at radius 1 is 1.19 bits per heavy atom. The van der Waals surface area contributed by atoms with E-state index in [9.17, 15) is 13.6 Å². The normalized spacial score (nSPS) is 20.1. The largest absolute Gasteiger partial charge is 0.349 e. The van der Waals surface area contributed by atoms with Crippen molar-refractivity contribution in [3.05, 3.63) is 69.7 Å². The van der Waals surface area contributed by atoms with E-state index in [1.54, 1.807) is 0 Å². The Labute approximate surface area is 129 Å². The van der Waals surface area contributed by atoms with Crippen LogP contribution in [0.25, 0.3) is 0 Å². The van der Waals surface area contributed by atoms with E-state index in [1.165, 1.54) is 0 Å². The first-order chi connectivity index (χ1) is 10.1. The third kappa shape index (κ3) is 2.97. The van der Waals surface area contributed by atoms with Crippen LogP contribution in [0.15, 0.2) is 46.9 Å². The lowest BCUT2D eigenvalue weighted by molar-refractivity contribution is 0.0945. The van der Waals surface area contributed by atoms with Crippen molar-refractivity contribution in [2.24, 2.45) is 0 Å². The second-order valence-electron chi connectivity index (χ2n) is 5.07. The number of nitrogens with one attached hydrogen (secondary N) is 1. The summed E-state index contributed by atoms with van der Waals surface area (Å²) in [7, 11) is 0. The van der Waals surface area contributed by atoms with Gasteiger partial charge in [-0.1, -0.05) is 34.1 Å². The van der Waals surface area contributed by atoms with Gasteiger partial charge in [0.15, 0.2) is 0 Å². The third-order valence-corrected chi connectivity index (χ3v) is 4.31. The molecule has 1 aliphatic carbocycles. The van der Waals surface area contributed by atoms with Gasteiger partial charge in [-0.2, -0.15) is 0 Å². The van der Waals surface area contributed by atoms with Gasteiger partial charge >= 0.3 is 0 Å². The first-order valence-electron chi connectivity index (χ1n) is 6.56. The maximum absolute atomic E-state index is 13.5. The Balaban J connectivity index is 1.70. The monoisotopic (exact) mass is 351 g/mol. The van der Waals surface area contributed by atoms with Crippen molar-refractivity contribution in [2.45, 2.75) is 18.4 Å². The summed E-state index contributed by atoms with van der Waals surface area (Å²) in [6, 6.07) is 10.6. The van der Waals surface area contributed by atoms with Crippen LogP contribution in [-0.4, -0.2) is 11.9 Å². The van der Waals surface area contributed by atoms with Gasteiger partial charge in [0.1, 0.15) is 11.6 Å². The highest BCUT2D eigenvalue weighted by Gasteiger charge is 2.40. The van der Waals surface area contributed by atoms with Crippen molar-refractivity contribution in [3.63, 3.8) is 0 Å². The molecule has 0 unspecified atom stereocenters. The molecule has 0 heterocycles. The molecule has 5 heteroatoms. The first kappa shape index (κ1) is 14.2. The Hall–Kier alpha value is -1.75. The van der Waals surface area contributed by atoms with E-state index in [2.05, 4.69) is 21.2 Å². The van der Waals surface area contributed by atoms with Crippen LogP contribution in [0, 0.1) is 11.6 Å². The molecule has 2 aromatic rings. The molecule has 21 heavy (non-hydrogen) atoms. The highest BCUT2D eigenvalue weighted by atomic mass is 79.9. The van der Waals surface area contributed by atoms with E-state index in [4.69, 9.17) is 0 Å². The molecule has 0 spiro atoms. The summed E-state index contributed by atoms with van der Waals surface area (Å²) >= 11 is 3.47. The maximum Gasteiger partial charge on any atom is 0.254 e. The van der Waals surface area contributed by atoms with Gasteiger partial charge in [-0.05, 0) is 36.2 Å². The minimum atomic E-state index is -0.716. The van der Waals surface area contributed by atoms with E-state index in [-0.39, 0.29) is 17.5 Å². The number of carbonyl (C=O) groups is 1. The number of halogens is 3. The predicted molar refractivity (Wildman–Crippen MR) is 79.1 cm³/mol. The zero-order valence-corrected chi connectivity index (χ0v) is 12.5. The van der Waals surface area contributed by atoms with Crippen LogP contribution in [0.2, 0.25) is 0 Å². The van der Waals surface area contributed by atoms with Gasteiger partial charge in [0.25, 0.3) is 5.91 Å². The number of benzene rings is 2. The molecule has 1 N–H and O–H groups in total. The van der Waals surface area contributed by atoms with Gasteiger partial charge in [-0.3, -0.25) is 4.79 Å². The van der Waals surface area contributed by atoms with Gasteiger partial charge in [-0.25, -0.2) is 8.78 Å². The van der Waals surface area contributed by atoms with Gasteiger partial charge < -0.3 is 5.32 Å². The highest BCUT2D eigenvalue weighted by Crippen LogP contribution is 2.43. The second kappa shape index (κ2) is 5.56. The minimum Gasteiger partial charge on any atom is -0.349 e. The average molecular weight is 352 g/mol. The fraction of sp³-hybridized carbons (Fsp3) is 0.188. The molecular weight excluding hydrogens is 340 g/mol. The van der Waals surface area contributed by atoms with E-state index in [1.807, 2.05) is 24.3 Å². The molecule has 1 fully saturated rings. The van der Waals surface area contributed by atoms with E-state index in [0.717, 1.165) is 34.7 Å². The van der Waals surface area contributed by atoms with Crippen LogP contribution in [0.5, 0.6) is 0 Å². The topological polar surface area (TPSA) is 29.1 Å². The summed E-state index contributed by atoms with van der Waals surface area (Å²) in [6.07, 6.45) is 0.797. The molecule has 1 saturated carbocycles. The highest BCUT2D eigenvalue weighted by molar-refractivity contribution is 9.10. The van der Waals surface area contributed by atoms with Crippen molar-refractivity contribution in [1.82, 2.24) is 5.32 Å². The van der Waals surface area contributed by atoms with Crippen molar-refractivity contribution >= 4 is 21.8 Å². The van der Waals surface area contributed by atoms with Crippen molar-refractivity contribution in [3.8, 4) is 0 Å². The number of hydrogen-bond acceptors (Lipinski definition) is 1. The van der Waals surface area contributed by atoms with Crippen molar-refractivity contribution in [1.29, 1.82) is 0 Å². The lowest BCUT2D eigenvalue weighted by Gasteiger charge is -2.07. The Morgan fingerprint density at radius 2 is 1.95 bits per heavy atom. The Bertz CT molecular complexity index is 704. The van der Waals surface area contributed by atoms with Crippen LogP contribution >= 0.6 is 15.9 Å². The molecule has 2 aromatic carbocycles. The average Bonchev–Trinajstić information content (AvgIpc) is 3.21. The molecule has 1 amide bonds. The minimum absolute atomic E-state index is 0.0427. The maximum atomic E-state index is 13.5. The lowest BCUT2D eigenvalue weighted by atomic mass is 10.1. The van der Waals surface area contributed by atoms with Crippen molar-refractivity contribution < 1.29 is 13.6 Å². The summed E-state index contributed by atoms with van der Waals surface area (Å²) in [5, 5.41) is 2.75. The summed E-state index contributed by atoms with van der Waals surface area (Å²) in [5.74, 6) is -1.71. The first-order valence-corrected chi connectivity index (χ1v) is 7.36. The van der Waals surface area contributed by atoms with Gasteiger partial charge in [0.05, 0.1) is 5.56 Å². The smallest absolute Gasteiger partial charge is 0.254 e. The van der Waals surface area contributed by atoms with Crippen LogP contribution in [0.4, 0.5) is 8.78 Å². The molecule has 108 valence electrons. The van der Waals surface area contributed by atoms with E-state index < -0.39 is 17.5 Å². The van der Waals surface area contributed by atoms with Gasteiger partial charge in [0.2, 0.25) is 0 Å². The SMILES string of the molecule is O=C(N[C@@H]1C[C@H]1c1ccccc1Br)c1cc(F)ccc1F. The summed E-state index contributed by atoms with van der Waals surface area (Å²) in [4.78, 5) is 12.0. The van der Waals surface area contributed by atoms with Gasteiger partial charge in [-0.15, -0.1) is 0 Å². The molecule has 0 radical (unpaired) electrons. The predicted octanol–water partition coefficient (Wildman–Crippen LogP) is 4.01. The van der Waals surface area contributed by atoms with Crippen LogP contribution in [-0.2, 0) is 0 Å². The molecule has 0 aromatic heterocycles. The zero-order chi connectivity index (χ0) is 15.0. The number of rotatable bonds is 3. The fourth-order valence-electron chi connectivity index (χ4n) is 2.39. The summed E-state index contributed by atoms with van der Waals surface area (Å²) < 4.78 is 27.6. The number of hydrogen-bond donors (Lipinski definition) is 1. The summed E-state index contributed by atoms with van der Waals surface area (Å²) in [6.45, 7) is 0. The second-order valence-corrected chi connectivity index (χ2v) is 5.92. The molecule has 0 saturated heterocycles. The lowest BCUT2D eigenvalue weighted by Crippen LogP contribution is -2.27. The van der Waals surface area contributed by atoms with E-state index in [0.29, 0.717) is 0 Å². The molecular formula is C16H12BrF2NO. The number of amides is 1. The van der Waals surface area contributed by atoms with Crippen LogP contribution < -0.4 is 5.32 Å². The molecule has 0 bridgehead atoms. The standard InChI is InChI=1S/C16H12BrF2NO/c17-13-4-2-1-3-10(13)11-8-15(11)20-16(21)12-7-9(18)5-6-14(12)19/h1-7,11,15H,8H2,(H,20,21)/t11-,15+/m0/s1. The third-order valence-electron chi connectivity index (χ3n) is 3.58. The van der Waals surface area contributed by atoms with Gasteiger partial charge in [0, 0.05) is 16.4 Å². The van der Waals surface area contributed by atoms with Crippen molar-refractivity contribution in [2.75, 3.05) is 0 Å². The van der Waals surface area contributed by atoms with Crippen LogP contribution in [0.1, 0.15) is 28.3 Å². The summed E-state index contributed by atoms with van der Waals surface area (Å²) in [5.41, 5.74) is 0.857. The zero-order valence-electron chi connectivity index (χ0n) is 10.9. The Kier molecular flexibility index (Phi) is 3.76. The van der Waals surface area contributed by atoms with Crippen LogP contribution in [0.3, 0.4) is 0 Å². The quantitative estimate of drug-likeness (QED) is 0.889. The molecule has 1 aliphatic rings. The Morgan fingerprint density at radius 3 is 2.71 bits per heavy atom. The fourth-order valence-corrected chi connectivity index (χ4v) is 2.97. The molecule has 2 atom stereocenters. The van der Waals surface area contributed by atoms with E-state index >= 15 is 0 Å². The number of carbonyl (C=O) groups excluding carboxylic acids is 1. The molecule has 2 nitrogen and oxygen atoms in total.